The summed E-state index contributed by atoms with van der Waals surface area (Å²) in [6, 6.07) is 24.6. The van der Waals surface area contributed by atoms with Gasteiger partial charge in [0.2, 0.25) is 0 Å². The van der Waals surface area contributed by atoms with Crippen LogP contribution in [0.2, 0.25) is 0 Å². The van der Waals surface area contributed by atoms with Gasteiger partial charge in [0, 0.05) is 13.4 Å². The van der Waals surface area contributed by atoms with E-state index in [-0.39, 0.29) is 6.17 Å². The van der Waals surface area contributed by atoms with Crippen molar-refractivity contribution in [3.05, 3.63) is 91.1 Å². The van der Waals surface area contributed by atoms with Crippen molar-refractivity contribution >= 4 is 62.4 Å². The van der Waals surface area contributed by atoms with Crippen LogP contribution in [0, 0.1) is 7.14 Å². The van der Waals surface area contributed by atoms with Gasteiger partial charge in [-0.05, 0) is 92.7 Å². The molecule has 0 amide bonds. The molecule has 26 heavy (non-hydrogen) atoms. The Hall–Kier alpha value is -1.81. The second kappa shape index (κ2) is 7.83. The van der Waals surface area contributed by atoms with E-state index in [9.17, 15) is 0 Å². The van der Waals surface area contributed by atoms with E-state index >= 15 is 0 Å². The third kappa shape index (κ3) is 3.80. The third-order valence-electron chi connectivity index (χ3n) is 4.01. The normalized spacial score (nSPS) is 12.7. The molecule has 0 saturated carbocycles. The van der Waals surface area contributed by atoms with Gasteiger partial charge in [0.15, 0.2) is 6.17 Å². The first-order chi connectivity index (χ1) is 12.7. The molecule has 0 N–H and O–H groups in total. The van der Waals surface area contributed by atoms with Crippen LogP contribution in [-0.2, 0) is 0 Å². The highest BCUT2D eigenvalue weighted by Gasteiger charge is 2.16. The summed E-state index contributed by atoms with van der Waals surface area (Å²) >= 11 is 4.61. The molecule has 1 aromatic heterocycles. The van der Waals surface area contributed by atoms with Crippen LogP contribution in [0.25, 0.3) is 11.0 Å². The van der Waals surface area contributed by atoms with Crippen LogP contribution in [0.1, 0.15) is 17.3 Å². The SMILES string of the molecule is Ic1ccc(C=NC(c2ccc(I)cc2)n2nnc3ccccc32)cc1. The smallest absolute Gasteiger partial charge is 0.169 e. The van der Waals surface area contributed by atoms with Gasteiger partial charge in [-0.3, -0.25) is 4.99 Å². The summed E-state index contributed by atoms with van der Waals surface area (Å²) < 4.78 is 4.27. The molecule has 0 aliphatic rings. The Morgan fingerprint density at radius 3 is 2.23 bits per heavy atom. The van der Waals surface area contributed by atoms with Gasteiger partial charge in [0.1, 0.15) is 5.52 Å². The number of aliphatic imine (C=N–C) groups is 1. The van der Waals surface area contributed by atoms with Crippen LogP contribution >= 0.6 is 45.2 Å². The summed E-state index contributed by atoms with van der Waals surface area (Å²) in [6.45, 7) is 0. The van der Waals surface area contributed by atoms with Crippen LogP contribution in [-0.4, -0.2) is 21.2 Å². The van der Waals surface area contributed by atoms with E-state index in [1.165, 1.54) is 7.14 Å². The molecule has 0 aliphatic heterocycles. The average molecular weight is 564 g/mol. The number of para-hydroxylation sites is 1. The Morgan fingerprint density at radius 2 is 1.50 bits per heavy atom. The zero-order valence-electron chi connectivity index (χ0n) is 13.6. The predicted molar refractivity (Wildman–Crippen MR) is 122 cm³/mol. The molecule has 0 bridgehead atoms. The highest BCUT2D eigenvalue weighted by Crippen LogP contribution is 2.24. The number of rotatable bonds is 4. The lowest BCUT2D eigenvalue weighted by atomic mass is 10.1. The Morgan fingerprint density at radius 1 is 0.846 bits per heavy atom. The minimum Gasteiger partial charge on any atom is -0.261 e. The Labute approximate surface area is 178 Å². The molecule has 0 radical (unpaired) electrons. The van der Waals surface area contributed by atoms with E-state index in [1.54, 1.807) is 0 Å². The number of aromatic nitrogens is 3. The van der Waals surface area contributed by atoms with Crippen molar-refractivity contribution in [3.8, 4) is 0 Å². The molecule has 0 fully saturated rings. The molecule has 4 rings (SSSR count). The van der Waals surface area contributed by atoms with Gasteiger partial charge >= 0.3 is 0 Å². The van der Waals surface area contributed by atoms with Gasteiger partial charge in [0.25, 0.3) is 0 Å². The average Bonchev–Trinajstić information content (AvgIpc) is 3.09. The fraction of sp³-hybridized carbons (Fsp3) is 0.0500. The molecular formula is C20H14I2N4. The maximum absolute atomic E-state index is 4.85. The Bertz CT molecular complexity index is 1050. The molecule has 1 heterocycles. The number of nitrogens with zero attached hydrogens (tertiary/aromatic N) is 4. The lowest BCUT2D eigenvalue weighted by molar-refractivity contribution is 0.543. The summed E-state index contributed by atoms with van der Waals surface area (Å²) in [6.07, 6.45) is 1.63. The van der Waals surface area contributed by atoms with Crippen molar-refractivity contribution in [3.63, 3.8) is 0 Å². The quantitative estimate of drug-likeness (QED) is 0.250. The van der Waals surface area contributed by atoms with Crippen LogP contribution in [0.3, 0.4) is 0 Å². The van der Waals surface area contributed by atoms with Crippen molar-refractivity contribution in [2.45, 2.75) is 6.17 Å². The first-order valence-electron chi connectivity index (χ1n) is 8.05. The van der Waals surface area contributed by atoms with Crippen LogP contribution in [0.5, 0.6) is 0 Å². The monoisotopic (exact) mass is 564 g/mol. The summed E-state index contributed by atoms with van der Waals surface area (Å²) in [5.41, 5.74) is 3.97. The van der Waals surface area contributed by atoms with Gasteiger partial charge in [-0.1, -0.05) is 41.6 Å². The van der Waals surface area contributed by atoms with Crippen LogP contribution in [0.4, 0.5) is 0 Å². The first-order valence-corrected chi connectivity index (χ1v) is 10.2. The largest absolute Gasteiger partial charge is 0.261 e. The third-order valence-corrected chi connectivity index (χ3v) is 5.45. The van der Waals surface area contributed by atoms with E-state index in [0.717, 1.165) is 22.2 Å². The Balaban J connectivity index is 1.79. The summed E-state index contributed by atoms with van der Waals surface area (Å²) in [4.78, 5) is 4.85. The van der Waals surface area contributed by atoms with Crippen LogP contribution < -0.4 is 0 Å². The minimum absolute atomic E-state index is 0.265. The summed E-state index contributed by atoms with van der Waals surface area (Å²) in [5.74, 6) is 0. The molecule has 0 spiro atoms. The van der Waals surface area contributed by atoms with Gasteiger partial charge in [-0.2, -0.15) is 0 Å². The minimum atomic E-state index is -0.265. The topological polar surface area (TPSA) is 43.1 Å². The molecule has 4 aromatic rings. The van der Waals surface area contributed by atoms with E-state index < -0.39 is 0 Å². The maximum atomic E-state index is 4.85. The maximum Gasteiger partial charge on any atom is 0.169 e. The van der Waals surface area contributed by atoms with Crippen molar-refractivity contribution in [1.82, 2.24) is 15.0 Å². The molecule has 0 saturated heterocycles. The number of benzene rings is 3. The van der Waals surface area contributed by atoms with Gasteiger partial charge in [-0.15, -0.1) is 5.10 Å². The van der Waals surface area contributed by atoms with E-state index in [2.05, 4.69) is 104 Å². The molecule has 1 atom stereocenters. The molecule has 3 aromatic carbocycles. The standard InChI is InChI=1S/C20H14I2N4/c21-16-9-5-14(6-10-16)13-23-20(15-7-11-17(22)12-8-15)26-19-4-2-1-3-18(19)24-25-26/h1-13,20H. The molecule has 128 valence electrons. The lowest BCUT2D eigenvalue weighted by Crippen LogP contribution is -2.11. The predicted octanol–water partition coefficient (Wildman–Crippen LogP) is 5.31. The number of fused-ring (bicyclic) bond motifs is 1. The van der Waals surface area contributed by atoms with Gasteiger partial charge in [0.05, 0.1) is 5.52 Å². The molecule has 6 heteroatoms. The molecule has 1 unspecified atom stereocenters. The summed E-state index contributed by atoms with van der Waals surface area (Å²) in [5, 5.41) is 8.66. The lowest BCUT2D eigenvalue weighted by Gasteiger charge is -2.14. The van der Waals surface area contributed by atoms with E-state index in [4.69, 9.17) is 4.99 Å². The second-order valence-electron chi connectivity index (χ2n) is 5.78. The van der Waals surface area contributed by atoms with Crippen molar-refractivity contribution in [2.24, 2.45) is 4.99 Å². The van der Waals surface area contributed by atoms with Crippen molar-refractivity contribution in [2.75, 3.05) is 0 Å². The second-order valence-corrected chi connectivity index (χ2v) is 8.27. The number of hydrogen-bond donors (Lipinski definition) is 0. The first kappa shape index (κ1) is 17.6. The Kier molecular flexibility index (Phi) is 5.30. The summed E-state index contributed by atoms with van der Waals surface area (Å²) in [7, 11) is 0. The van der Waals surface area contributed by atoms with E-state index in [0.29, 0.717) is 0 Å². The zero-order valence-corrected chi connectivity index (χ0v) is 17.9. The van der Waals surface area contributed by atoms with Crippen molar-refractivity contribution < 1.29 is 0 Å². The van der Waals surface area contributed by atoms with Gasteiger partial charge < -0.3 is 0 Å². The molecule has 0 aliphatic carbocycles. The number of halogens is 2. The van der Waals surface area contributed by atoms with Crippen molar-refractivity contribution in [1.29, 1.82) is 0 Å². The number of hydrogen-bond acceptors (Lipinski definition) is 3. The fourth-order valence-corrected chi connectivity index (χ4v) is 3.42. The van der Waals surface area contributed by atoms with E-state index in [1.807, 2.05) is 35.2 Å². The van der Waals surface area contributed by atoms with Gasteiger partial charge in [-0.25, -0.2) is 4.68 Å². The molecular weight excluding hydrogens is 550 g/mol. The fourth-order valence-electron chi connectivity index (χ4n) is 2.70. The highest BCUT2D eigenvalue weighted by atomic mass is 127. The van der Waals surface area contributed by atoms with Crippen LogP contribution in [0.15, 0.2) is 77.8 Å². The zero-order chi connectivity index (χ0) is 17.9. The molecule has 4 nitrogen and oxygen atoms in total. The highest BCUT2D eigenvalue weighted by molar-refractivity contribution is 14.1.